The summed E-state index contributed by atoms with van der Waals surface area (Å²) in [7, 11) is 2.14. The maximum atomic E-state index is 13.0. The summed E-state index contributed by atoms with van der Waals surface area (Å²) in [6, 6.07) is 0. The molecular formula is C18H29N2O10P. The lowest BCUT2D eigenvalue weighted by molar-refractivity contribution is -0.170. The highest BCUT2D eigenvalue weighted by molar-refractivity contribution is 7.54. The lowest BCUT2D eigenvalue weighted by Gasteiger charge is -2.29. The third kappa shape index (κ3) is 7.05. The molecule has 1 heterocycles. The van der Waals surface area contributed by atoms with Gasteiger partial charge >= 0.3 is 25.6 Å². The van der Waals surface area contributed by atoms with E-state index < -0.39 is 55.9 Å². The number of aliphatic hydroxyl groups is 1. The quantitative estimate of drug-likeness (QED) is 0.251. The lowest BCUT2D eigenvalue weighted by atomic mass is 10.1. The first-order valence-corrected chi connectivity index (χ1v) is 11.0. The van der Waals surface area contributed by atoms with E-state index in [1.54, 1.807) is 0 Å². The average molecular weight is 464 g/mol. The predicted molar refractivity (Wildman–Crippen MR) is 107 cm³/mol. The number of carbonyl (C=O) groups is 4. The number of hydrogen-bond donors (Lipinski definition) is 1. The smallest absolute Gasteiger partial charge is 0.395 e. The fourth-order valence-corrected chi connectivity index (χ4v) is 3.84. The Bertz CT molecular complexity index is 780. The molecule has 1 aliphatic heterocycles. The van der Waals surface area contributed by atoms with Gasteiger partial charge in [0.1, 0.15) is 12.4 Å². The van der Waals surface area contributed by atoms with Crippen LogP contribution in [0.3, 0.4) is 0 Å². The number of hydrogen-bond acceptors (Lipinski definition) is 10. The van der Waals surface area contributed by atoms with Crippen LogP contribution in [0.1, 0.15) is 33.1 Å². The summed E-state index contributed by atoms with van der Waals surface area (Å²) in [5.74, 6) is -4.20. The van der Waals surface area contributed by atoms with Crippen LogP contribution in [0.4, 0.5) is 0 Å². The maximum Gasteiger partial charge on any atom is 0.395 e. The van der Waals surface area contributed by atoms with E-state index >= 15 is 0 Å². The Balaban J connectivity index is 3.08. The SMILES string of the molecule is CCC(=O)OC(COC(=O)CCC(C)=O)C1OC(=O)C(OP(=O)(N(C)C)N(C)C)=C1O. The van der Waals surface area contributed by atoms with Gasteiger partial charge in [0.15, 0.2) is 11.9 Å². The van der Waals surface area contributed by atoms with E-state index in [1.165, 1.54) is 51.4 Å². The molecule has 1 rings (SSSR count). The Morgan fingerprint density at radius 1 is 1.13 bits per heavy atom. The molecule has 0 saturated heterocycles. The predicted octanol–water partition coefficient (Wildman–Crippen LogP) is 1.16. The van der Waals surface area contributed by atoms with Gasteiger partial charge in [-0.15, -0.1) is 0 Å². The highest BCUT2D eigenvalue weighted by Gasteiger charge is 2.47. The molecule has 0 bridgehead atoms. The van der Waals surface area contributed by atoms with Crippen molar-refractivity contribution in [2.24, 2.45) is 0 Å². The molecule has 2 atom stereocenters. The number of Topliss-reactive ketones (excluding diaryl/α,β-unsaturated/α-hetero) is 1. The van der Waals surface area contributed by atoms with E-state index in [4.69, 9.17) is 18.7 Å². The Kier molecular flexibility index (Phi) is 9.67. The van der Waals surface area contributed by atoms with Crippen molar-refractivity contribution in [3.05, 3.63) is 11.5 Å². The van der Waals surface area contributed by atoms with Crippen LogP contribution >= 0.6 is 7.67 Å². The highest BCUT2D eigenvalue weighted by atomic mass is 31.2. The largest absolute Gasteiger partial charge is 0.505 e. The number of esters is 3. The highest BCUT2D eigenvalue weighted by Crippen LogP contribution is 2.53. The van der Waals surface area contributed by atoms with Crippen molar-refractivity contribution in [3.8, 4) is 0 Å². The summed E-state index contributed by atoms with van der Waals surface area (Å²) in [5, 5.41) is 10.5. The van der Waals surface area contributed by atoms with Gasteiger partial charge < -0.3 is 28.6 Å². The van der Waals surface area contributed by atoms with Crippen molar-refractivity contribution in [1.82, 2.24) is 9.34 Å². The van der Waals surface area contributed by atoms with Gasteiger partial charge in [-0.1, -0.05) is 6.92 Å². The second-order valence-electron chi connectivity index (χ2n) is 7.08. The van der Waals surface area contributed by atoms with Crippen molar-refractivity contribution in [1.29, 1.82) is 0 Å². The van der Waals surface area contributed by atoms with Crippen molar-refractivity contribution < 1.29 is 47.6 Å². The number of carbonyl (C=O) groups excluding carboxylic acids is 4. The molecule has 2 unspecified atom stereocenters. The molecule has 0 radical (unpaired) electrons. The van der Waals surface area contributed by atoms with Crippen LogP contribution in [0.2, 0.25) is 0 Å². The standard InChI is InChI=1S/C18H29N2O10P/c1-7-13(22)28-12(10-27-14(23)9-8-11(2)21)16-15(24)17(18(25)29-16)30-31(26,19(3)4)20(5)6/h12,16,24H,7-10H2,1-6H3. The van der Waals surface area contributed by atoms with E-state index in [0.29, 0.717) is 0 Å². The Hall–Kier alpha value is -2.43. The molecular weight excluding hydrogens is 435 g/mol. The number of aliphatic hydroxyl groups excluding tert-OH is 1. The number of nitrogens with zero attached hydrogens (tertiary/aromatic N) is 2. The minimum Gasteiger partial charge on any atom is -0.505 e. The van der Waals surface area contributed by atoms with Gasteiger partial charge in [-0.25, -0.2) is 18.7 Å². The zero-order chi connectivity index (χ0) is 23.9. The van der Waals surface area contributed by atoms with Crippen LogP contribution in [-0.4, -0.2) is 85.1 Å². The van der Waals surface area contributed by atoms with Crippen LogP contribution in [0.25, 0.3) is 0 Å². The Labute approximate surface area is 180 Å². The van der Waals surface area contributed by atoms with Gasteiger partial charge in [0, 0.05) is 12.8 Å². The van der Waals surface area contributed by atoms with Crippen LogP contribution in [0, 0.1) is 0 Å². The summed E-state index contributed by atoms with van der Waals surface area (Å²) >= 11 is 0. The molecule has 0 aromatic carbocycles. The minimum atomic E-state index is -3.70. The van der Waals surface area contributed by atoms with Gasteiger partial charge in [0.25, 0.3) is 5.76 Å². The number of ether oxygens (including phenoxy) is 3. The molecule has 0 spiro atoms. The molecule has 0 saturated carbocycles. The average Bonchev–Trinajstić information content (AvgIpc) is 2.96. The zero-order valence-electron chi connectivity index (χ0n) is 18.4. The number of ketones is 1. The summed E-state index contributed by atoms with van der Waals surface area (Å²) in [5.41, 5.74) is 0. The first-order valence-electron chi connectivity index (χ1n) is 9.47. The second-order valence-corrected chi connectivity index (χ2v) is 9.85. The number of cyclic esters (lactones) is 1. The monoisotopic (exact) mass is 464 g/mol. The Morgan fingerprint density at radius 2 is 1.71 bits per heavy atom. The fourth-order valence-electron chi connectivity index (χ4n) is 2.40. The van der Waals surface area contributed by atoms with Gasteiger partial charge in [-0.05, 0) is 35.1 Å². The molecule has 13 heteroatoms. The summed E-state index contributed by atoms with van der Waals surface area (Å²) in [4.78, 5) is 46.9. The van der Waals surface area contributed by atoms with E-state index in [0.717, 1.165) is 0 Å². The van der Waals surface area contributed by atoms with E-state index in [9.17, 15) is 28.8 Å². The molecule has 0 aromatic rings. The number of rotatable bonds is 12. The molecule has 0 aliphatic carbocycles. The van der Waals surface area contributed by atoms with Crippen LogP contribution < -0.4 is 0 Å². The molecule has 1 N–H and O–H groups in total. The van der Waals surface area contributed by atoms with Crippen molar-refractivity contribution in [2.45, 2.75) is 45.3 Å². The first kappa shape index (κ1) is 26.6. The fraction of sp³-hybridized carbons (Fsp3) is 0.667. The van der Waals surface area contributed by atoms with Gasteiger partial charge in [-0.2, -0.15) is 0 Å². The molecule has 176 valence electrons. The second kappa shape index (κ2) is 11.3. The van der Waals surface area contributed by atoms with Crippen molar-refractivity contribution in [2.75, 3.05) is 34.8 Å². The van der Waals surface area contributed by atoms with Gasteiger partial charge in [0.2, 0.25) is 6.10 Å². The van der Waals surface area contributed by atoms with E-state index in [-0.39, 0.29) is 25.0 Å². The van der Waals surface area contributed by atoms with Crippen LogP contribution in [0.15, 0.2) is 11.5 Å². The Morgan fingerprint density at radius 3 is 2.19 bits per heavy atom. The van der Waals surface area contributed by atoms with Gasteiger partial charge in [-0.3, -0.25) is 9.59 Å². The summed E-state index contributed by atoms with van der Waals surface area (Å²) in [6.07, 6.45) is -3.14. The first-order chi connectivity index (χ1) is 14.3. The summed E-state index contributed by atoms with van der Waals surface area (Å²) in [6.45, 7) is 2.30. The van der Waals surface area contributed by atoms with Gasteiger partial charge in [0.05, 0.1) is 6.42 Å². The third-order valence-electron chi connectivity index (χ3n) is 4.14. The van der Waals surface area contributed by atoms with Crippen LogP contribution in [0.5, 0.6) is 0 Å². The normalized spacial score (nSPS) is 17.5. The molecule has 0 aromatic heterocycles. The minimum absolute atomic E-state index is 0.0237. The summed E-state index contributed by atoms with van der Waals surface area (Å²) < 4.78 is 36.0. The molecule has 0 amide bonds. The molecule has 31 heavy (non-hydrogen) atoms. The zero-order valence-corrected chi connectivity index (χ0v) is 19.3. The topological polar surface area (TPSA) is 149 Å². The van der Waals surface area contributed by atoms with E-state index in [2.05, 4.69) is 0 Å². The van der Waals surface area contributed by atoms with Crippen molar-refractivity contribution in [3.63, 3.8) is 0 Å². The van der Waals surface area contributed by atoms with Crippen LogP contribution in [-0.2, 0) is 42.5 Å². The molecule has 1 aliphatic rings. The molecule has 12 nitrogen and oxygen atoms in total. The van der Waals surface area contributed by atoms with Crippen molar-refractivity contribution >= 4 is 31.4 Å². The molecule has 0 fully saturated rings. The maximum absolute atomic E-state index is 13.0. The lowest BCUT2D eigenvalue weighted by Crippen LogP contribution is -2.38. The van der Waals surface area contributed by atoms with E-state index in [1.807, 2.05) is 0 Å². The third-order valence-corrected chi connectivity index (χ3v) is 6.58.